The highest BCUT2D eigenvalue weighted by Crippen LogP contribution is 2.22. The molecule has 0 bridgehead atoms. The third-order valence-electron chi connectivity index (χ3n) is 3.64. The van der Waals surface area contributed by atoms with Gasteiger partial charge in [-0.05, 0) is 59.2 Å². The largest absolute Gasteiger partial charge is 0.460 e. The highest BCUT2D eigenvalue weighted by atomic mass is 35.5. The molecule has 0 radical (unpaired) electrons. The lowest BCUT2D eigenvalue weighted by atomic mass is 10.1. The van der Waals surface area contributed by atoms with E-state index in [9.17, 15) is 4.79 Å². The van der Waals surface area contributed by atoms with Gasteiger partial charge < -0.3 is 4.74 Å². The first-order chi connectivity index (χ1) is 12.5. The fourth-order valence-electron chi connectivity index (χ4n) is 2.32. The molecule has 0 aliphatic heterocycles. The van der Waals surface area contributed by atoms with E-state index in [0.29, 0.717) is 10.2 Å². The molecule has 134 valence electrons. The zero-order chi connectivity index (χ0) is 18.5. The van der Waals surface area contributed by atoms with Crippen LogP contribution in [0.15, 0.2) is 47.6 Å². The molecule has 0 atom stereocenters. The van der Waals surface area contributed by atoms with Gasteiger partial charge in [0.2, 0.25) is 5.16 Å². The lowest BCUT2D eigenvalue weighted by molar-refractivity contribution is -0.141. The van der Waals surface area contributed by atoms with Crippen molar-refractivity contribution in [3.05, 3.63) is 64.2 Å². The van der Waals surface area contributed by atoms with Gasteiger partial charge in [-0.1, -0.05) is 47.6 Å². The van der Waals surface area contributed by atoms with Crippen LogP contribution in [0.2, 0.25) is 5.02 Å². The molecule has 8 heteroatoms. The van der Waals surface area contributed by atoms with E-state index < -0.39 is 0 Å². The number of hydrogen-bond donors (Lipinski definition) is 0. The minimum absolute atomic E-state index is 0.117. The van der Waals surface area contributed by atoms with Crippen LogP contribution in [0.1, 0.15) is 16.7 Å². The molecule has 0 aliphatic rings. The average molecular weight is 389 g/mol. The molecule has 0 spiro atoms. The Morgan fingerprint density at radius 2 is 2.08 bits per heavy atom. The van der Waals surface area contributed by atoms with E-state index in [1.165, 1.54) is 11.8 Å². The van der Waals surface area contributed by atoms with Gasteiger partial charge in [-0.15, -0.1) is 5.10 Å². The van der Waals surface area contributed by atoms with Crippen molar-refractivity contribution in [2.24, 2.45) is 0 Å². The number of tetrazole rings is 1. The quantitative estimate of drug-likeness (QED) is 0.473. The minimum Gasteiger partial charge on any atom is -0.460 e. The first-order valence-electron chi connectivity index (χ1n) is 7.92. The molecular formula is C18H17ClN4O2S. The van der Waals surface area contributed by atoms with Crippen LogP contribution in [-0.4, -0.2) is 31.9 Å². The van der Waals surface area contributed by atoms with Crippen LogP contribution in [-0.2, 0) is 16.1 Å². The van der Waals surface area contributed by atoms with Crippen molar-refractivity contribution in [1.82, 2.24) is 20.2 Å². The predicted molar refractivity (Wildman–Crippen MR) is 101 cm³/mol. The van der Waals surface area contributed by atoms with Gasteiger partial charge in [0.1, 0.15) is 6.61 Å². The lowest BCUT2D eigenvalue weighted by Gasteiger charge is -2.08. The Morgan fingerprint density at radius 3 is 2.88 bits per heavy atom. The van der Waals surface area contributed by atoms with E-state index in [1.807, 2.05) is 44.2 Å². The van der Waals surface area contributed by atoms with Gasteiger partial charge >= 0.3 is 5.97 Å². The van der Waals surface area contributed by atoms with Crippen molar-refractivity contribution in [1.29, 1.82) is 0 Å². The first-order valence-corrected chi connectivity index (χ1v) is 9.28. The number of benzene rings is 2. The Hall–Kier alpha value is -2.38. The maximum atomic E-state index is 12.0. The summed E-state index contributed by atoms with van der Waals surface area (Å²) in [5.41, 5.74) is 3.90. The molecule has 0 fully saturated rings. The summed E-state index contributed by atoms with van der Waals surface area (Å²) < 4.78 is 6.91. The molecule has 0 amide bonds. The van der Waals surface area contributed by atoms with Crippen LogP contribution >= 0.6 is 23.4 Å². The average Bonchev–Trinajstić information content (AvgIpc) is 3.08. The molecule has 1 aromatic heterocycles. The number of hydrogen-bond acceptors (Lipinski definition) is 6. The number of esters is 1. The topological polar surface area (TPSA) is 69.9 Å². The minimum atomic E-state index is -0.342. The molecule has 3 rings (SSSR count). The van der Waals surface area contributed by atoms with Gasteiger partial charge in [0.15, 0.2) is 0 Å². The highest BCUT2D eigenvalue weighted by Gasteiger charge is 2.14. The maximum Gasteiger partial charge on any atom is 0.316 e. The number of aromatic nitrogens is 4. The number of carbonyl (C=O) groups is 1. The number of halogens is 1. The Labute approximate surface area is 160 Å². The summed E-state index contributed by atoms with van der Waals surface area (Å²) in [5, 5.41) is 12.9. The molecule has 0 N–H and O–H groups in total. The van der Waals surface area contributed by atoms with Crippen molar-refractivity contribution < 1.29 is 9.53 Å². The van der Waals surface area contributed by atoms with E-state index in [4.69, 9.17) is 16.3 Å². The zero-order valence-electron chi connectivity index (χ0n) is 14.3. The fraction of sp³-hybridized carbons (Fsp3) is 0.222. The van der Waals surface area contributed by atoms with Crippen LogP contribution in [0.25, 0.3) is 5.69 Å². The van der Waals surface area contributed by atoms with E-state index in [0.717, 1.165) is 22.4 Å². The lowest BCUT2D eigenvalue weighted by Crippen LogP contribution is -2.09. The SMILES string of the molecule is Cc1ccc(C)c(-n2nnnc2SCC(=O)OCc2cccc(Cl)c2)c1. The normalized spacial score (nSPS) is 10.7. The van der Waals surface area contributed by atoms with E-state index in [1.54, 1.807) is 16.8 Å². The van der Waals surface area contributed by atoms with Crippen LogP contribution in [0, 0.1) is 13.8 Å². The number of rotatable bonds is 6. The number of nitrogens with zero attached hydrogens (tertiary/aromatic N) is 4. The van der Waals surface area contributed by atoms with Gasteiger partial charge in [0, 0.05) is 5.02 Å². The fourth-order valence-corrected chi connectivity index (χ4v) is 3.22. The standard InChI is InChI=1S/C18H17ClN4O2S/c1-12-6-7-13(2)16(8-12)23-18(20-21-22-23)26-11-17(24)25-10-14-4-3-5-15(19)9-14/h3-9H,10-11H2,1-2H3. The van der Waals surface area contributed by atoms with E-state index in [2.05, 4.69) is 15.5 Å². The second-order valence-electron chi connectivity index (χ2n) is 5.74. The monoisotopic (exact) mass is 388 g/mol. The molecule has 6 nitrogen and oxygen atoms in total. The molecule has 3 aromatic rings. The summed E-state index contributed by atoms with van der Waals surface area (Å²) in [6, 6.07) is 13.3. The maximum absolute atomic E-state index is 12.0. The van der Waals surface area contributed by atoms with Gasteiger partial charge in [-0.3, -0.25) is 4.79 Å². The van der Waals surface area contributed by atoms with E-state index in [-0.39, 0.29) is 18.3 Å². The molecule has 26 heavy (non-hydrogen) atoms. The number of carbonyl (C=O) groups excluding carboxylic acids is 1. The van der Waals surface area contributed by atoms with Crippen LogP contribution in [0.5, 0.6) is 0 Å². The summed E-state index contributed by atoms with van der Waals surface area (Å²) in [6.07, 6.45) is 0. The molecule has 0 saturated heterocycles. The van der Waals surface area contributed by atoms with Crippen molar-refractivity contribution in [3.8, 4) is 5.69 Å². The Bertz CT molecular complexity index is 929. The summed E-state index contributed by atoms with van der Waals surface area (Å²) in [5.74, 6) is -0.225. The van der Waals surface area contributed by atoms with Crippen molar-refractivity contribution in [2.45, 2.75) is 25.6 Å². The predicted octanol–water partition coefficient (Wildman–Crippen LogP) is 3.77. The van der Waals surface area contributed by atoms with Crippen molar-refractivity contribution in [3.63, 3.8) is 0 Å². The van der Waals surface area contributed by atoms with Gasteiger partial charge in [0.25, 0.3) is 0 Å². The Morgan fingerprint density at radius 1 is 1.23 bits per heavy atom. The summed E-state index contributed by atoms with van der Waals surface area (Å²) in [6.45, 7) is 4.18. The van der Waals surface area contributed by atoms with Gasteiger partial charge in [-0.2, -0.15) is 4.68 Å². The molecule has 0 unspecified atom stereocenters. The van der Waals surface area contributed by atoms with Gasteiger partial charge in [-0.25, -0.2) is 0 Å². The van der Waals surface area contributed by atoms with Crippen LogP contribution in [0.3, 0.4) is 0 Å². The van der Waals surface area contributed by atoms with Crippen molar-refractivity contribution in [2.75, 3.05) is 5.75 Å². The Balaban J connectivity index is 1.61. The Kier molecular flexibility index (Phi) is 5.90. The molecule has 0 aliphatic carbocycles. The molecule has 2 aromatic carbocycles. The third-order valence-corrected chi connectivity index (χ3v) is 4.77. The molecule has 0 saturated carbocycles. The van der Waals surface area contributed by atoms with Crippen LogP contribution < -0.4 is 0 Å². The summed E-state index contributed by atoms with van der Waals surface area (Å²) >= 11 is 7.15. The zero-order valence-corrected chi connectivity index (χ0v) is 15.9. The molecule has 1 heterocycles. The number of aryl methyl sites for hydroxylation is 2. The smallest absolute Gasteiger partial charge is 0.316 e. The second-order valence-corrected chi connectivity index (χ2v) is 7.12. The number of ether oxygens (including phenoxy) is 1. The van der Waals surface area contributed by atoms with Crippen LogP contribution in [0.4, 0.5) is 0 Å². The second kappa shape index (κ2) is 8.33. The summed E-state index contributed by atoms with van der Waals surface area (Å²) in [7, 11) is 0. The van der Waals surface area contributed by atoms with Gasteiger partial charge in [0.05, 0.1) is 11.4 Å². The van der Waals surface area contributed by atoms with Crippen molar-refractivity contribution >= 4 is 29.3 Å². The first kappa shape index (κ1) is 18.4. The highest BCUT2D eigenvalue weighted by molar-refractivity contribution is 7.99. The third kappa shape index (κ3) is 4.62. The van der Waals surface area contributed by atoms with E-state index >= 15 is 0 Å². The molecular weight excluding hydrogens is 372 g/mol. The summed E-state index contributed by atoms with van der Waals surface area (Å²) in [4.78, 5) is 12.0. The number of thioether (sulfide) groups is 1.